The molecule has 1 heterocycles. The molecule has 1 aliphatic carbocycles. The Morgan fingerprint density at radius 1 is 1.33 bits per heavy atom. The van der Waals surface area contributed by atoms with Crippen LogP contribution in [0, 0.1) is 0 Å². The Morgan fingerprint density at radius 2 is 2.03 bits per heavy atom. The lowest BCUT2D eigenvalue weighted by molar-refractivity contribution is -0.0951. The summed E-state index contributed by atoms with van der Waals surface area (Å²) in [5.41, 5.74) is -0.557. The van der Waals surface area contributed by atoms with E-state index in [1.165, 1.54) is 39.1 Å². The van der Waals surface area contributed by atoms with E-state index < -0.39 is 33.6 Å². The smallest absolute Gasteiger partial charge is 0.408 e. The van der Waals surface area contributed by atoms with Crippen LogP contribution in [0.5, 0.6) is 0 Å². The van der Waals surface area contributed by atoms with E-state index in [1.807, 2.05) is 0 Å². The molecule has 30 heavy (non-hydrogen) atoms. The molecular formula is C19H20F3N3O4S. The summed E-state index contributed by atoms with van der Waals surface area (Å²) in [6, 6.07) is 2.79. The van der Waals surface area contributed by atoms with Gasteiger partial charge in [0, 0.05) is 18.7 Å². The highest BCUT2D eigenvalue weighted by atomic mass is 32.2. The molecule has 1 N–H and O–H groups in total. The number of nitrogens with one attached hydrogen (secondary N) is 1. The van der Waals surface area contributed by atoms with Gasteiger partial charge in [0.25, 0.3) is 10.0 Å². The largest absolute Gasteiger partial charge is 0.420 e. The molecule has 3 rings (SSSR count). The van der Waals surface area contributed by atoms with Crippen molar-refractivity contribution < 1.29 is 26.0 Å². The Labute approximate surface area is 170 Å². The number of halogens is 3. The van der Waals surface area contributed by atoms with Gasteiger partial charge < -0.3 is 4.42 Å². The Morgan fingerprint density at radius 3 is 2.67 bits per heavy atom. The lowest BCUT2D eigenvalue weighted by atomic mass is 9.92. The van der Waals surface area contributed by atoms with Gasteiger partial charge in [-0.05, 0) is 44.4 Å². The monoisotopic (exact) mass is 443 g/mol. The Balaban J connectivity index is 2.11. The summed E-state index contributed by atoms with van der Waals surface area (Å²) in [7, 11) is -2.54. The number of aromatic nitrogens is 1. The summed E-state index contributed by atoms with van der Waals surface area (Å²) in [4.78, 5) is 16.0. The molecule has 0 amide bonds. The maximum Gasteiger partial charge on any atom is 0.420 e. The van der Waals surface area contributed by atoms with Crippen molar-refractivity contribution in [3.05, 3.63) is 52.0 Å². The molecule has 0 radical (unpaired) electrons. The van der Waals surface area contributed by atoms with Crippen molar-refractivity contribution in [2.24, 2.45) is 4.99 Å². The van der Waals surface area contributed by atoms with Crippen LogP contribution < -0.4 is 10.5 Å². The average molecular weight is 443 g/mol. The zero-order chi connectivity index (χ0) is 22.3. The van der Waals surface area contributed by atoms with Crippen molar-refractivity contribution in [2.75, 3.05) is 7.05 Å². The summed E-state index contributed by atoms with van der Waals surface area (Å²) in [6.07, 6.45) is -1.42. The van der Waals surface area contributed by atoms with Crippen molar-refractivity contribution in [2.45, 2.75) is 43.8 Å². The van der Waals surface area contributed by atoms with Gasteiger partial charge in [-0.25, -0.2) is 13.2 Å². The zero-order valence-electron chi connectivity index (χ0n) is 16.4. The molecule has 11 heteroatoms. The number of hydrogen-bond acceptors (Lipinski definition) is 5. The second-order valence-electron chi connectivity index (χ2n) is 6.83. The molecule has 0 fully saturated rings. The fourth-order valence-corrected chi connectivity index (χ4v) is 4.48. The van der Waals surface area contributed by atoms with E-state index in [4.69, 9.17) is 4.42 Å². The van der Waals surface area contributed by atoms with Gasteiger partial charge in [-0.2, -0.15) is 13.2 Å². The van der Waals surface area contributed by atoms with Gasteiger partial charge in [0.05, 0.1) is 16.5 Å². The molecular weight excluding hydrogens is 423 g/mol. The lowest BCUT2D eigenvalue weighted by Crippen LogP contribution is -2.28. The van der Waals surface area contributed by atoms with Crippen molar-refractivity contribution >= 4 is 27.0 Å². The molecule has 2 aromatic rings. The number of hydrogen-bond donors (Lipinski definition) is 1. The van der Waals surface area contributed by atoms with Gasteiger partial charge in [0.15, 0.2) is 5.58 Å². The summed E-state index contributed by atoms with van der Waals surface area (Å²) in [6.45, 7) is 2.94. The van der Waals surface area contributed by atoms with Crippen molar-refractivity contribution in [3.63, 3.8) is 0 Å². The third kappa shape index (κ3) is 4.07. The van der Waals surface area contributed by atoms with E-state index >= 15 is 0 Å². The number of alkyl halides is 3. The van der Waals surface area contributed by atoms with Gasteiger partial charge in [-0.15, -0.1) is 0 Å². The molecule has 1 aromatic heterocycles. The topological polar surface area (TPSA) is 93.7 Å². The Bertz CT molecular complexity index is 1230. The van der Waals surface area contributed by atoms with E-state index in [9.17, 15) is 26.4 Å². The average Bonchev–Trinajstić information content (AvgIpc) is 3.01. The van der Waals surface area contributed by atoms with E-state index in [2.05, 4.69) is 9.71 Å². The summed E-state index contributed by atoms with van der Waals surface area (Å²) in [5, 5.41) is 0. The van der Waals surface area contributed by atoms with Crippen molar-refractivity contribution in [3.8, 4) is 0 Å². The van der Waals surface area contributed by atoms with Crippen LogP contribution in [0.1, 0.15) is 32.7 Å². The molecule has 0 saturated heterocycles. The zero-order valence-corrected chi connectivity index (χ0v) is 17.3. The first-order chi connectivity index (χ1) is 14.0. The van der Waals surface area contributed by atoms with Crippen LogP contribution in [0.4, 0.5) is 13.2 Å². The first-order valence-corrected chi connectivity index (χ1v) is 10.5. The number of fused-ring (bicyclic) bond motifs is 1. The van der Waals surface area contributed by atoms with Gasteiger partial charge >= 0.3 is 11.9 Å². The predicted molar refractivity (Wildman–Crippen MR) is 106 cm³/mol. The maximum atomic E-state index is 13.4. The minimum Gasteiger partial charge on any atom is -0.408 e. The van der Waals surface area contributed by atoms with Crippen LogP contribution in [-0.2, 0) is 10.0 Å². The molecule has 1 unspecified atom stereocenters. The maximum absolute atomic E-state index is 13.4. The van der Waals surface area contributed by atoms with E-state index in [1.54, 1.807) is 6.08 Å². The molecule has 1 aromatic carbocycles. The molecule has 7 nitrogen and oxygen atoms in total. The number of sulfonamides is 1. The number of rotatable bonds is 4. The minimum absolute atomic E-state index is 0.0216. The Hall–Kier alpha value is -2.82. The predicted octanol–water partition coefficient (Wildman–Crippen LogP) is 3.69. The summed E-state index contributed by atoms with van der Waals surface area (Å²) >= 11 is 0. The summed E-state index contributed by atoms with van der Waals surface area (Å²) in [5.74, 6) is -0.710. The van der Waals surface area contributed by atoms with Gasteiger partial charge in [-0.1, -0.05) is 12.2 Å². The van der Waals surface area contributed by atoms with Crippen LogP contribution in [0.2, 0.25) is 0 Å². The van der Waals surface area contributed by atoms with Crippen LogP contribution >= 0.6 is 0 Å². The fourth-order valence-electron chi connectivity index (χ4n) is 3.37. The lowest BCUT2D eigenvalue weighted by Gasteiger charge is -2.23. The summed E-state index contributed by atoms with van der Waals surface area (Å²) < 4.78 is 73.6. The standard InChI is InChI=1S/C19H20F3N3O4S/c1-11(14-6-4-5-7-15(14)19(20,21)22)25-16-9-8-13(10-17(16)29-18(25)26)30(27,28)24-12(2)23-3/h4,6,8-11H,5,7H2,1-3H3,(H,23,24). The molecule has 1 atom stereocenters. The first kappa shape index (κ1) is 21.9. The molecule has 0 saturated carbocycles. The molecule has 0 aliphatic heterocycles. The van der Waals surface area contributed by atoms with Gasteiger partial charge in [0.1, 0.15) is 5.84 Å². The molecule has 0 bridgehead atoms. The molecule has 162 valence electrons. The first-order valence-electron chi connectivity index (χ1n) is 9.04. The van der Waals surface area contributed by atoms with E-state index in [0.29, 0.717) is 0 Å². The fraction of sp³-hybridized carbons (Fsp3) is 0.368. The van der Waals surface area contributed by atoms with Gasteiger partial charge in [-0.3, -0.25) is 14.3 Å². The van der Waals surface area contributed by atoms with E-state index in [0.717, 1.165) is 10.6 Å². The number of oxazole rings is 1. The number of aliphatic imine (C=N–C) groups is 1. The highest BCUT2D eigenvalue weighted by Gasteiger charge is 2.37. The third-order valence-electron chi connectivity index (χ3n) is 4.90. The second kappa shape index (κ2) is 7.78. The van der Waals surface area contributed by atoms with Crippen LogP contribution in [-0.4, -0.2) is 32.0 Å². The van der Waals surface area contributed by atoms with Crippen LogP contribution in [0.15, 0.2) is 60.6 Å². The second-order valence-corrected chi connectivity index (χ2v) is 8.51. The molecule has 1 aliphatic rings. The SMILES string of the molecule is CN=C(C)NS(=O)(=O)c1ccc2c(c1)oc(=O)n2C(C)C1=C(C(F)(F)F)CCC=C1. The van der Waals surface area contributed by atoms with Crippen LogP contribution in [0.25, 0.3) is 11.1 Å². The minimum atomic E-state index is -4.51. The highest BCUT2D eigenvalue weighted by molar-refractivity contribution is 7.90. The Kier molecular flexibility index (Phi) is 5.68. The van der Waals surface area contributed by atoms with Gasteiger partial charge in [0.2, 0.25) is 0 Å². The van der Waals surface area contributed by atoms with Crippen LogP contribution in [0.3, 0.4) is 0 Å². The van der Waals surface area contributed by atoms with Crippen molar-refractivity contribution in [1.82, 2.24) is 9.29 Å². The van der Waals surface area contributed by atoms with E-state index in [-0.39, 0.29) is 40.2 Å². The van der Waals surface area contributed by atoms with Crippen molar-refractivity contribution in [1.29, 1.82) is 0 Å². The highest BCUT2D eigenvalue weighted by Crippen LogP contribution is 2.39. The number of benzene rings is 1. The third-order valence-corrected chi connectivity index (χ3v) is 6.34. The quantitative estimate of drug-likeness (QED) is 0.576. The number of allylic oxidation sites excluding steroid dienone is 4. The molecule has 0 spiro atoms. The number of amidine groups is 1. The number of nitrogens with zero attached hydrogens (tertiary/aromatic N) is 2. The normalized spacial score (nSPS) is 16.9.